The molecular formula is C13H20O3. The summed E-state index contributed by atoms with van der Waals surface area (Å²) in [6, 6.07) is 7.69. The average Bonchev–Trinajstić information content (AvgIpc) is 2.31. The third-order valence-corrected chi connectivity index (χ3v) is 2.32. The molecule has 3 nitrogen and oxygen atoms in total. The molecule has 1 unspecified atom stereocenters. The topological polar surface area (TPSA) is 35.5 Å². The number of benzene rings is 1. The molecule has 1 atom stereocenters. The second-order valence-corrected chi connectivity index (χ2v) is 3.24. The number of carbonyl (C=O) groups excluding carboxylic acids is 1. The van der Waals surface area contributed by atoms with E-state index in [-0.39, 0.29) is 13.5 Å². The first-order valence-electron chi connectivity index (χ1n) is 4.92. The molecule has 0 aliphatic rings. The Morgan fingerprint density at radius 3 is 2.31 bits per heavy atom. The van der Waals surface area contributed by atoms with Crippen LogP contribution in [0.2, 0.25) is 0 Å². The van der Waals surface area contributed by atoms with Crippen LogP contribution in [0.15, 0.2) is 24.3 Å². The van der Waals surface area contributed by atoms with Crippen LogP contribution < -0.4 is 4.74 Å². The molecule has 0 aliphatic carbocycles. The third-order valence-electron chi connectivity index (χ3n) is 2.32. The monoisotopic (exact) mass is 224 g/mol. The maximum absolute atomic E-state index is 10.3. The summed E-state index contributed by atoms with van der Waals surface area (Å²) in [5, 5.41) is 0. The van der Waals surface area contributed by atoms with E-state index in [4.69, 9.17) is 9.47 Å². The van der Waals surface area contributed by atoms with Crippen molar-refractivity contribution < 1.29 is 14.3 Å². The van der Waals surface area contributed by atoms with E-state index in [1.54, 1.807) is 14.2 Å². The van der Waals surface area contributed by atoms with E-state index in [1.807, 2.05) is 24.3 Å². The fourth-order valence-electron chi connectivity index (χ4n) is 1.46. The lowest BCUT2D eigenvalue weighted by molar-refractivity contribution is -0.108. The van der Waals surface area contributed by atoms with Crippen molar-refractivity contribution in [1.82, 2.24) is 0 Å². The molecule has 0 bridgehead atoms. The molecule has 0 saturated carbocycles. The van der Waals surface area contributed by atoms with Crippen LogP contribution >= 0.6 is 0 Å². The first-order valence-corrected chi connectivity index (χ1v) is 4.92. The van der Waals surface area contributed by atoms with Crippen molar-refractivity contribution in [2.24, 2.45) is 0 Å². The number of hydrogen-bond acceptors (Lipinski definition) is 3. The van der Waals surface area contributed by atoms with E-state index in [2.05, 4.69) is 0 Å². The van der Waals surface area contributed by atoms with Crippen LogP contribution in [-0.2, 0) is 9.53 Å². The molecule has 1 aromatic carbocycles. The summed E-state index contributed by atoms with van der Waals surface area (Å²) < 4.78 is 10.4. The minimum Gasteiger partial charge on any atom is -0.497 e. The molecule has 0 heterocycles. The highest BCUT2D eigenvalue weighted by molar-refractivity contribution is 5.49. The summed E-state index contributed by atoms with van der Waals surface area (Å²) in [6.07, 6.45) is 2.13. The zero-order valence-electron chi connectivity index (χ0n) is 9.10. The lowest BCUT2D eigenvalue weighted by atomic mass is 10.1. The van der Waals surface area contributed by atoms with E-state index in [0.717, 1.165) is 17.6 Å². The quantitative estimate of drug-likeness (QED) is 0.697. The molecule has 0 fully saturated rings. The van der Waals surface area contributed by atoms with Gasteiger partial charge < -0.3 is 14.3 Å². The predicted octanol–water partition coefficient (Wildman–Crippen LogP) is 3.00. The Hall–Kier alpha value is -1.35. The van der Waals surface area contributed by atoms with Crippen molar-refractivity contribution in [2.45, 2.75) is 26.4 Å². The largest absolute Gasteiger partial charge is 0.497 e. The molecule has 90 valence electrons. The van der Waals surface area contributed by atoms with E-state index < -0.39 is 0 Å². The van der Waals surface area contributed by atoms with E-state index in [0.29, 0.717) is 12.8 Å². The molecule has 0 spiro atoms. The lowest BCUT2D eigenvalue weighted by Gasteiger charge is -2.14. The molecule has 1 aromatic rings. The second kappa shape index (κ2) is 7.88. The van der Waals surface area contributed by atoms with Crippen molar-refractivity contribution in [3.8, 4) is 5.75 Å². The Kier molecular flexibility index (Phi) is 7.21. The molecule has 0 aromatic heterocycles. The van der Waals surface area contributed by atoms with Gasteiger partial charge in [0.05, 0.1) is 13.2 Å². The van der Waals surface area contributed by atoms with Crippen molar-refractivity contribution in [3.05, 3.63) is 29.8 Å². The zero-order valence-corrected chi connectivity index (χ0v) is 9.10. The SMILES string of the molecule is C.COc1ccc(C(CCC=O)OC)cc1. The maximum atomic E-state index is 10.3. The van der Waals surface area contributed by atoms with Gasteiger partial charge in [0.25, 0.3) is 0 Å². The molecule has 0 amide bonds. The number of hydrogen-bond donors (Lipinski definition) is 0. The van der Waals surface area contributed by atoms with Crippen molar-refractivity contribution >= 4 is 6.29 Å². The number of rotatable bonds is 6. The molecule has 3 heteroatoms. The summed E-state index contributed by atoms with van der Waals surface area (Å²) in [5.74, 6) is 0.823. The van der Waals surface area contributed by atoms with Crippen LogP contribution in [0.1, 0.15) is 31.9 Å². The van der Waals surface area contributed by atoms with Gasteiger partial charge in [-0.2, -0.15) is 0 Å². The number of methoxy groups -OCH3 is 2. The number of carbonyl (C=O) groups is 1. The van der Waals surface area contributed by atoms with Gasteiger partial charge in [0.1, 0.15) is 12.0 Å². The van der Waals surface area contributed by atoms with E-state index >= 15 is 0 Å². The molecule has 1 rings (SSSR count). The Labute approximate surface area is 97.4 Å². The van der Waals surface area contributed by atoms with Gasteiger partial charge in [0, 0.05) is 13.5 Å². The molecule has 0 radical (unpaired) electrons. The predicted molar refractivity (Wildman–Crippen MR) is 64.8 cm³/mol. The van der Waals surface area contributed by atoms with Gasteiger partial charge >= 0.3 is 0 Å². The highest BCUT2D eigenvalue weighted by Gasteiger charge is 2.09. The highest BCUT2D eigenvalue weighted by atomic mass is 16.5. The van der Waals surface area contributed by atoms with Gasteiger partial charge in [-0.3, -0.25) is 0 Å². The number of ether oxygens (including phenoxy) is 2. The highest BCUT2D eigenvalue weighted by Crippen LogP contribution is 2.23. The van der Waals surface area contributed by atoms with Gasteiger partial charge in [-0.15, -0.1) is 0 Å². The molecule has 0 aliphatic heterocycles. The lowest BCUT2D eigenvalue weighted by Crippen LogP contribution is -2.01. The van der Waals surface area contributed by atoms with Gasteiger partial charge in [0.15, 0.2) is 0 Å². The van der Waals surface area contributed by atoms with Crippen LogP contribution in [0.3, 0.4) is 0 Å². The first kappa shape index (κ1) is 14.6. The van der Waals surface area contributed by atoms with Crippen molar-refractivity contribution in [3.63, 3.8) is 0 Å². The van der Waals surface area contributed by atoms with Gasteiger partial charge in [-0.25, -0.2) is 0 Å². The summed E-state index contributed by atoms with van der Waals surface area (Å²) >= 11 is 0. The summed E-state index contributed by atoms with van der Waals surface area (Å²) in [5.41, 5.74) is 1.07. The fourth-order valence-corrected chi connectivity index (χ4v) is 1.46. The van der Waals surface area contributed by atoms with Crippen molar-refractivity contribution in [2.75, 3.05) is 14.2 Å². The Morgan fingerprint density at radius 2 is 1.88 bits per heavy atom. The maximum Gasteiger partial charge on any atom is 0.120 e. The van der Waals surface area contributed by atoms with Crippen LogP contribution in [0.5, 0.6) is 5.75 Å². The third kappa shape index (κ3) is 4.03. The van der Waals surface area contributed by atoms with E-state index in [9.17, 15) is 4.79 Å². The molecule has 0 saturated heterocycles. The summed E-state index contributed by atoms with van der Waals surface area (Å²) in [4.78, 5) is 10.3. The van der Waals surface area contributed by atoms with E-state index in [1.165, 1.54) is 0 Å². The normalized spacial score (nSPS) is 11.4. The Bertz CT molecular complexity index is 293. The first-order chi connectivity index (χ1) is 7.31. The van der Waals surface area contributed by atoms with Gasteiger partial charge in [-0.05, 0) is 24.1 Å². The minimum atomic E-state index is -0.0129. The van der Waals surface area contributed by atoms with Crippen LogP contribution in [0.25, 0.3) is 0 Å². The van der Waals surface area contributed by atoms with Gasteiger partial charge in [0.2, 0.25) is 0 Å². The summed E-state index contributed by atoms with van der Waals surface area (Å²) in [6.45, 7) is 0. The fraction of sp³-hybridized carbons (Fsp3) is 0.462. The van der Waals surface area contributed by atoms with Gasteiger partial charge in [-0.1, -0.05) is 19.6 Å². The Balaban J connectivity index is 0.00000225. The second-order valence-electron chi connectivity index (χ2n) is 3.24. The average molecular weight is 224 g/mol. The van der Waals surface area contributed by atoms with Crippen LogP contribution in [-0.4, -0.2) is 20.5 Å². The Morgan fingerprint density at radius 1 is 1.25 bits per heavy atom. The standard InChI is InChI=1S/C12H16O3.CH4/c1-14-11-7-5-10(6-8-11)12(15-2)4-3-9-13;/h5-9,12H,3-4H2,1-2H3;1H4. The van der Waals surface area contributed by atoms with Crippen molar-refractivity contribution in [1.29, 1.82) is 0 Å². The van der Waals surface area contributed by atoms with Crippen LogP contribution in [0, 0.1) is 0 Å². The summed E-state index contributed by atoms with van der Waals surface area (Å²) in [7, 11) is 3.29. The molecular weight excluding hydrogens is 204 g/mol. The minimum absolute atomic E-state index is 0. The zero-order chi connectivity index (χ0) is 11.1. The van der Waals surface area contributed by atoms with Crippen LogP contribution in [0.4, 0.5) is 0 Å². The number of aldehydes is 1. The smallest absolute Gasteiger partial charge is 0.120 e. The molecule has 0 N–H and O–H groups in total. The molecule has 16 heavy (non-hydrogen) atoms.